The lowest BCUT2D eigenvalue weighted by molar-refractivity contribution is -0.141. The first-order chi connectivity index (χ1) is 16.3. The third-order valence-corrected chi connectivity index (χ3v) is 5.40. The van der Waals surface area contributed by atoms with E-state index in [0.717, 1.165) is 24.4 Å². The van der Waals surface area contributed by atoms with Crippen LogP contribution in [0.1, 0.15) is 25.2 Å². The van der Waals surface area contributed by atoms with Crippen LogP contribution in [0.15, 0.2) is 36.5 Å². The molecule has 1 fully saturated rings. The molecule has 14 heteroatoms. The van der Waals surface area contributed by atoms with E-state index in [-0.39, 0.29) is 35.1 Å². The number of rotatable bonds is 6. The Bertz CT molecular complexity index is 1230. The fraction of sp³-hybridized carbons (Fsp3) is 0.381. The fourth-order valence-corrected chi connectivity index (χ4v) is 3.26. The molecule has 8 nitrogen and oxygen atoms in total. The average Bonchev–Trinajstić information content (AvgIpc) is 3.60. The van der Waals surface area contributed by atoms with E-state index in [2.05, 4.69) is 30.2 Å². The number of ether oxygens (including phenoxy) is 1. The molecule has 0 saturated carbocycles. The molecule has 1 aliphatic rings. The lowest BCUT2D eigenvalue weighted by Crippen LogP contribution is -2.32. The summed E-state index contributed by atoms with van der Waals surface area (Å²) >= 11 is 0. The molecule has 4 heterocycles. The van der Waals surface area contributed by atoms with Crippen LogP contribution in [0.5, 0.6) is 0 Å². The standard InChI is InChI=1S/C21H19F6N7O/c1-19(2,35-3)15-10-34(15)18-32-16(12-5-4-6-13(30-12)20(22,23)24)31-17(33-18)29-11-7-8-28-14(9-11)21(25,26)27/h4-9,15H,10H2,1-3H3,(H,28,29,31,32,33). The zero-order chi connectivity index (χ0) is 25.6. The first-order valence-corrected chi connectivity index (χ1v) is 10.2. The summed E-state index contributed by atoms with van der Waals surface area (Å²) in [5.41, 5.74) is -3.06. The molecule has 0 spiro atoms. The van der Waals surface area contributed by atoms with Crippen LogP contribution in [0.25, 0.3) is 11.5 Å². The number of pyridine rings is 2. The minimum atomic E-state index is -4.69. The van der Waals surface area contributed by atoms with E-state index in [1.165, 1.54) is 19.2 Å². The highest BCUT2D eigenvalue weighted by Gasteiger charge is 2.48. The predicted molar refractivity (Wildman–Crippen MR) is 113 cm³/mol. The van der Waals surface area contributed by atoms with E-state index in [9.17, 15) is 26.3 Å². The number of nitrogens with zero attached hydrogens (tertiary/aromatic N) is 6. The Morgan fingerprint density at radius 2 is 1.66 bits per heavy atom. The largest absolute Gasteiger partial charge is 0.433 e. The molecule has 3 aromatic rings. The van der Waals surface area contributed by atoms with Gasteiger partial charge in [-0.2, -0.15) is 41.3 Å². The molecule has 0 aromatic carbocycles. The third-order valence-electron chi connectivity index (χ3n) is 5.40. The first-order valence-electron chi connectivity index (χ1n) is 10.2. The Kier molecular flexibility index (Phi) is 6.03. The lowest BCUT2D eigenvalue weighted by atomic mass is 10.1. The van der Waals surface area contributed by atoms with Crippen LogP contribution in [0.2, 0.25) is 0 Å². The van der Waals surface area contributed by atoms with Gasteiger partial charge in [0.05, 0.1) is 11.6 Å². The molecule has 186 valence electrons. The monoisotopic (exact) mass is 499 g/mol. The van der Waals surface area contributed by atoms with Crippen LogP contribution in [-0.4, -0.2) is 50.2 Å². The van der Waals surface area contributed by atoms with Crippen molar-refractivity contribution in [1.82, 2.24) is 24.9 Å². The summed E-state index contributed by atoms with van der Waals surface area (Å²) in [6, 6.07) is 5.17. The molecule has 1 unspecified atom stereocenters. The van der Waals surface area contributed by atoms with Gasteiger partial charge in [-0.05, 0) is 38.1 Å². The van der Waals surface area contributed by atoms with Gasteiger partial charge in [0.2, 0.25) is 11.9 Å². The number of hydrogen-bond donors (Lipinski definition) is 1. The second-order valence-electron chi connectivity index (χ2n) is 8.22. The second kappa shape index (κ2) is 8.59. The van der Waals surface area contributed by atoms with Gasteiger partial charge in [0.15, 0.2) is 5.82 Å². The number of hydrogen-bond acceptors (Lipinski definition) is 8. The minimum Gasteiger partial charge on any atom is -0.377 e. The van der Waals surface area contributed by atoms with Crippen molar-refractivity contribution in [2.45, 2.75) is 37.8 Å². The van der Waals surface area contributed by atoms with Crippen LogP contribution < -0.4 is 10.2 Å². The first kappa shape index (κ1) is 24.6. The average molecular weight is 499 g/mol. The van der Waals surface area contributed by atoms with Gasteiger partial charge in [-0.25, -0.2) is 4.98 Å². The van der Waals surface area contributed by atoms with E-state index >= 15 is 0 Å². The molecule has 3 aromatic heterocycles. The number of methoxy groups -OCH3 is 1. The quantitative estimate of drug-likeness (QED) is 0.385. The zero-order valence-electron chi connectivity index (χ0n) is 18.6. The normalized spacial score (nSPS) is 16.4. The lowest BCUT2D eigenvalue weighted by Gasteiger charge is -2.22. The summed E-state index contributed by atoms with van der Waals surface area (Å²) in [6.07, 6.45) is -8.40. The predicted octanol–water partition coefficient (Wildman–Crippen LogP) is 4.72. The SMILES string of the molecule is COC(C)(C)C1CN1c1nc(Nc2ccnc(C(F)(F)F)c2)nc(-c2cccc(C(F)(F)F)n2)n1. The van der Waals surface area contributed by atoms with Gasteiger partial charge in [0, 0.05) is 25.5 Å². The van der Waals surface area contributed by atoms with Crippen molar-refractivity contribution >= 4 is 17.6 Å². The summed E-state index contributed by atoms with van der Waals surface area (Å²) in [5, 5.41) is 2.65. The molecule has 1 aliphatic heterocycles. The molecule has 1 N–H and O–H groups in total. The molecule has 0 aliphatic carbocycles. The van der Waals surface area contributed by atoms with E-state index in [4.69, 9.17) is 4.74 Å². The summed E-state index contributed by atoms with van der Waals surface area (Å²) in [5.74, 6) is -0.254. The van der Waals surface area contributed by atoms with Crippen molar-refractivity contribution in [3.63, 3.8) is 0 Å². The number of nitrogens with one attached hydrogen (secondary N) is 1. The molecule has 0 amide bonds. The van der Waals surface area contributed by atoms with Gasteiger partial charge in [-0.15, -0.1) is 0 Å². The maximum Gasteiger partial charge on any atom is 0.433 e. The van der Waals surface area contributed by atoms with Gasteiger partial charge < -0.3 is 15.0 Å². The summed E-state index contributed by atoms with van der Waals surface area (Å²) < 4.78 is 84.1. The van der Waals surface area contributed by atoms with Gasteiger partial charge in [-0.1, -0.05) is 6.07 Å². The van der Waals surface area contributed by atoms with Crippen molar-refractivity contribution in [3.05, 3.63) is 47.9 Å². The van der Waals surface area contributed by atoms with Crippen molar-refractivity contribution < 1.29 is 31.1 Å². The molecule has 35 heavy (non-hydrogen) atoms. The molecular weight excluding hydrogens is 480 g/mol. The maximum atomic E-state index is 13.2. The van der Waals surface area contributed by atoms with Crippen LogP contribution in [-0.2, 0) is 17.1 Å². The van der Waals surface area contributed by atoms with Crippen molar-refractivity contribution in [2.24, 2.45) is 0 Å². The van der Waals surface area contributed by atoms with E-state index in [1.54, 1.807) is 4.90 Å². The van der Waals surface area contributed by atoms with Gasteiger partial charge >= 0.3 is 12.4 Å². The Balaban J connectivity index is 1.75. The number of aromatic nitrogens is 5. The minimum absolute atomic E-state index is 0.0213. The summed E-state index contributed by atoms with van der Waals surface area (Å²) in [6.45, 7) is 4.19. The fourth-order valence-electron chi connectivity index (χ4n) is 3.26. The van der Waals surface area contributed by atoms with Crippen LogP contribution in [0.4, 0.5) is 43.9 Å². The number of alkyl halides is 6. The van der Waals surface area contributed by atoms with Crippen LogP contribution >= 0.6 is 0 Å². The van der Waals surface area contributed by atoms with E-state index in [1.807, 2.05) is 13.8 Å². The van der Waals surface area contributed by atoms with Gasteiger partial charge in [0.1, 0.15) is 17.1 Å². The highest BCUT2D eigenvalue weighted by atomic mass is 19.4. The number of anilines is 3. The molecule has 4 rings (SSSR count). The number of halogens is 6. The van der Waals surface area contributed by atoms with Gasteiger partial charge in [-0.3, -0.25) is 4.98 Å². The highest BCUT2D eigenvalue weighted by molar-refractivity contribution is 5.60. The smallest absolute Gasteiger partial charge is 0.377 e. The third kappa shape index (κ3) is 5.42. The highest BCUT2D eigenvalue weighted by Crippen LogP contribution is 2.36. The topological polar surface area (TPSA) is 88.7 Å². The Morgan fingerprint density at radius 3 is 2.31 bits per heavy atom. The maximum absolute atomic E-state index is 13.2. The van der Waals surface area contributed by atoms with E-state index < -0.39 is 29.3 Å². The molecule has 1 atom stereocenters. The molecule has 0 radical (unpaired) electrons. The zero-order valence-corrected chi connectivity index (χ0v) is 18.6. The Hall–Kier alpha value is -3.55. The van der Waals surface area contributed by atoms with Crippen molar-refractivity contribution in [2.75, 3.05) is 23.9 Å². The van der Waals surface area contributed by atoms with Crippen LogP contribution in [0, 0.1) is 0 Å². The van der Waals surface area contributed by atoms with Crippen LogP contribution in [0.3, 0.4) is 0 Å². The molecule has 0 bridgehead atoms. The van der Waals surface area contributed by atoms with Crippen molar-refractivity contribution in [3.8, 4) is 11.5 Å². The van der Waals surface area contributed by atoms with Gasteiger partial charge in [0.25, 0.3) is 0 Å². The molecule has 1 saturated heterocycles. The Labute approximate surface area is 195 Å². The Morgan fingerprint density at radius 1 is 0.943 bits per heavy atom. The summed E-state index contributed by atoms with van der Waals surface area (Å²) in [7, 11) is 1.54. The van der Waals surface area contributed by atoms with E-state index in [0.29, 0.717) is 6.54 Å². The molecular formula is C21H19F6N7O. The second-order valence-corrected chi connectivity index (χ2v) is 8.22. The summed E-state index contributed by atoms with van der Waals surface area (Å²) in [4.78, 5) is 21.3. The van der Waals surface area contributed by atoms with Crippen molar-refractivity contribution in [1.29, 1.82) is 0 Å².